The van der Waals surface area contributed by atoms with Crippen LogP contribution in [0.15, 0.2) is 35.7 Å². The Bertz CT molecular complexity index is 787. The van der Waals surface area contributed by atoms with Crippen molar-refractivity contribution in [2.45, 2.75) is 23.8 Å². The van der Waals surface area contributed by atoms with E-state index in [1.165, 1.54) is 22.8 Å². The van der Waals surface area contributed by atoms with Crippen molar-refractivity contribution >= 4 is 35.2 Å². The van der Waals surface area contributed by atoms with Crippen LogP contribution in [0.2, 0.25) is 0 Å². The number of benzene rings is 1. The summed E-state index contributed by atoms with van der Waals surface area (Å²) in [7, 11) is 0. The number of ether oxygens (including phenoxy) is 1. The fraction of sp³-hybridized carbons (Fsp3) is 0.267. The number of hydrogen-bond acceptors (Lipinski definition) is 7. The molecule has 1 aliphatic rings. The first-order valence-corrected chi connectivity index (χ1v) is 8.14. The van der Waals surface area contributed by atoms with Crippen molar-refractivity contribution in [3.63, 3.8) is 0 Å². The highest BCUT2D eigenvalue weighted by Crippen LogP contribution is 2.31. The largest absolute Gasteiger partial charge is 0.462 e. The second kappa shape index (κ2) is 6.83. The smallest absolute Gasteiger partial charge is 0.338 e. The van der Waals surface area contributed by atoms with Gasteiger partial charge in [-0.05, 0) is 31.2 Å². The van der Waals surface area contributed by atoms with Gasteiger partial charge in [-0.1, -0.05) is 11.8 Å². The highest BCUT2D eigenvalue weighted by atomic mass is 32.2. The summed E-state index contributed by atoms with van der Waals surface area (Å²) < 4.78 is 6.10. The zero-order chi connectivity index (χ0) is 17.1. The van der Waals surface area contributed by atoms with E-state index in [0.29, 0.717) is 23.0 Å². The van der Waals surface area contributed by atoms with E-state index in [2.05, 4.69) is 15.4 Å². The van der Waals surface area contributed by atoms with Gasteiger partial charge in [-0.25, -0.2) is 9.78 Å². The third-order valence-corrected chi connectivity index (χ3v) is 4.44. The molecule has 0 radical (unpaired) electrons. The van der Waals surface area contributed by atoms with Crippen molar-refractivity contribution < 1.29 is 19.1 Å². The maximum absolute atomic E-state index is 12.1. The molecule has 0 bridgehead atoms. The third-order valence-electron chi connectivity index (χ3n) is 3.30. The Kier molecular flexibility index (Phi) is 4.61. The fourth-order valence-corrected chi connectivity index (χ4v) is 3.22. The monoisotopic (exact) mass is 346 g/mol. The zero-order valence-electron chi connectivity index (χ0n) is 12.8. The molecule has 1 atom stereocenters. The van der Waals surface area contributed by atoms with Crippen molar-refractivity contribution in [2.75, 3.05) is 11.9 Å². The second-order valence-corrected chi connectivity index (χ2v) is 6.12. The number of nitrogens with one attached hydrogen (secondary N) is 1. The molecule has 24 heavy (non-hydrogen) atoms. The van der Waals surface area contributed by atoms with E-state index in [4.69, 9.17) is 4.74 Å². The highest BCUT2D eigenvalue weighted by Gasteiger charge is 2.34. The van der Waals surface area contributed by atoms with Gasteiger partial charge in [0.1, 0.15) is 11.6 Å². The molecule has 1 aromatic carbocycles. The third kappa shape index (κ3) is 3.30. The van der Waals surface area contributed by atoms with Crippen LogP contribution in [0.1, 0.15) is 28.5 Å². The lowest BCUT2D eigenvalue weighted by Gasteiger charge is -2.08. The van der Waals surface area contributed by atoms with Crippen LogP contribution in [-0.4, -0.2) is 44.4 Å². The SMILES string of the molecule is CCOC(=O)c1ccc(NC(=O)C[C@@H]2Sc3ncnn3C2=O)cc1. The number of thioether (sulfide) groups is 1. The number of hydrogen-bond donors (Lipinski definition) is 1. The average molecular weight is 346 g/mol. The van der Waals surface area contributed by atoms with Gasteiger partial charge in [-0.3, -0.25) is 9.59 Å². The van der Waals surface area contributed by atoms with Crippen molar-refractivity contribution in [1.29, 1.82) is 0 Å². The first-order valence-electron chi connectivity index (χ1n) is 7.26. The summed E-state index contributed by atoms with van der Waals surface area (Å²) in [5.41, 5.74) is 0.951. The predicted octanol–water partition coefficient (Wildman–Crippen LogP) is 1.60. The van der Waals surface area contributed by atoms with Crippen LogP contribution in [-0.2, 0) is 9.53 Å². The van der Waals surface area contributed by atoms with Crippen LogP contribution < -0.4 is 5.32 Å². The maximum Gasteiger partial charge on any atom is 0.338 e. The molecule has 1 N–H and O–H groups in total. The van der Waals surface area contributed by atoms with E-state index in [0.717, 1.165) is 0 Å². The quantitative estimate of drug-likeness (QED) is 0.820. The molecule has 1 aromatic heterocycles. The van der Waals surface area contributed by atoms with Gasteiger partial charge < -0.3 is 10.1 Å². The molecule has 2 aromatic rings. The summed E-state index contributed by atoms with van der Waals surface area (Å²) in [4.78, 5) is 39.6. The Morgan fingerprint density at radius 1 is 1.33 bits per heavy atom. The summed E-state index contributed by atoms with van der Waals surface area (Å²) in [6, 6.07) is 6.37. The molecule has 0 aliphatic carbocycles. The minimum absolute atomic E-state index is 0.0220. The number of amides is 1. The van der Waals surface area contributed by atoms with E-state index < -0.39 is 11.2 Å². The van der Waals surface area contributed by atoms with Gasteiger partial charge in [0.15, 0.2) is 5.16 Å². The fourth-order valence-electron chi connectivity index (χ4n) is 2.19. The lowest BCUT2D eigenvalue weighted by Crippen LogP contribution is -2.24. The molecule has 9 heteroatoms. The number of carbonyl (C=O) groups excluding carboxylic acids is 3. The molecule has 1 amide bonds. The topological polar surface area (TPSA) is 103 Å². The number of nitrogens with zero attached hydrogens (tertiary/aromatic N) is 3. The Balaban J connectivity index is 1.57. The van der Waals surface area contributed by atoms with E-state index in [9.17, 15) is 14.4 Å². The van der Waals surface area contributed by atoms with E-state index in [1.54, 1.807) is 31.2 Å². The minimum Gasteiger partial charge on any atom is -0.462 e. The molecule has 0 saturated heterocycles. The van der Waals surface area contributed by atoms with Crippen molar-refractivity contribution in [3.05, 3.63) is 36.2 Å². The normalized spacial score (nSPS) is 15.9. The van der Waals surface area contributed by atoms with E-state index in [1.807, 2.05) is 0 Å². The predicted molar refractivity (Wildman–Crippen MR) is 85.9 cm³/mol. The molecule has 0 spiro atoms. The summed E-state index contributed by atoms with van der Waals surface area (Å²) in [5, 5.41) is 6.49. The van der Waals surface area contributed by atoms with Gasteiger partial charge in [0, 0.05) is 12.1 Å². The van der Waals surface area contributed by atoms with Gasteiger partial charge in [-0.2, -0.15) is 9.78 Å². The molecular weight excluding hydrogens is 332 g/mol. The molecule has 8 nitrogen and oxygen atoms in total. The van der Waals surface area contributed by atoms with Crippen molar-refractivity contribution in [2.24, 2.45) is 0 Å². The molecule has 124 valence electrons. The van der Waals surface area contributed by atoms with E-state index in [-0.39, 0.29) is 18.2 Å². The number of aromatic nitrogens is 3. The van der Waals surface area contributed by atoms with Crippen LogP contribution in [0.3, 0.4) is 0 Å². The number of esters is 1. The van der Waals surface area contributed by atoms with Crippen LogP contribution in [0.25, 0.3) is 0 Å². The molecule has 3 rings (SSSR count). The molecule has 2 heterocycles. The van der Waals surface area contributed by atoms with E-state index >= 15 is 0 Å². The first-order chi connectivity index (χ1) is 11.6. The molecule has 0 unspecified atom stereocenters. The standard InChI is InChI=1S/C15H14N4O4S/c1-2-23-14(22)9-3-5-10(6-4-9)18-12(20)7-11-13(21)19-15(24-11)16-8-17-19/h3-6,8,11H,2,7H2,1H3,(H,18,20)/t11-/m0/s1. The minimum atomic E-state index is -0.528. The second-order valence-electron chi connectivity index (χ2n) is 4.95. The molecule has 0 fully saturated rings. The summed E-state index contributed by atoms with van der Waals surface area (Å²) >= 11 is 1.22. The number of rotatable bonds is 5. The highest BCUT2D eigenvalue weighted by molar-refractivity contribution is 8.00. The lowest BCUT2D eigenvalue weighted by atomic mass is 10.2. The van der Waals surface area contributed by atoms with Crippen molar-refractivity contribution in [1.82, 2.24) is 14.8 Å². The molecule has 0 saturated carbocycles. The van der Waals surface area contributed by atoms with Crippen LogP contribution in [0.4, 0.5) is 5.69 Å². The Morgan fingerprint density at radius 2 is 2.08 bits per heavy atom. The van der Waals surface area contributed by atoms with Gasteiger partial charge in [0.25, 0.3) is 5.91 Å². The van der Waals surface area contributed by atoms with Gasteiger partial charge in [-0.15, -0.1) is 0 Å². The Morgan fingerprint density at radius 3 is 2.75 bits per heavy atom. The molecular formula is C15H14N4O4S. The van der Waals surface area contributed by atoms with Crippen LogP contribution in [0.5, 0.6) is 0 Å². The van der Waals surface area contributed by atoms with Crippen LogP contribution >= 0.6 is 11.8 Å². The number of anilines is 1. The first kappa shape index (κ1) is 16.2. The number of fused-ring (bicyclic) bond motifs is 1. The van der Waals surface area contributed by atoms with Gasteiger partial charge in [0.05, 0.1) is 12.2 Å². The maximum atomic E-state index is 12.1. The Labute approximate surface area is 141 Å². The Hall–Kier alpha value is -2.68. The van der Waals surface area contributed by atoms with Gasteiger partial charge in [0.2, 0.25) is 5.91 Å². The summed E-state index contributed by atoms with van der Waals surface area (Å²) in [5.74, 6) is -0.957. The lowest BCUT2D eigenvalue weighted by molar-refractivity contribution is -0.116. The van der Waals surface area contributed by atoms with Crippen molar-refractivity contribution in [3.8, 4) is 0 Å². The van der Waals surface area contributed by atoms with Crippen LogP contribution in [0, 0.1) is 0 Å². The molecule has 1 aliphatic heterocycles. The summed E-state index contributed by atoms with van der Waals surface area (Å²) in [6.45, 7) is 2.03. The number of carbonyl (C=O) groups is 3. The average Bonchev–Trinajstić information content (AvgIpc) is 3.12. The van der Waals surface area contributed by atoms with Gasteiger partial charge >= 0.3 is 5.97 Å². The summed E-state index contributed by atoms with van der Waals surface area (Å²) in [6.07, 6.45) is 1.33. The zero-order valence-corrected chi connectivity index (χ0v) is 13.6.